The van der Waals surface area contributed by atoms with Crippen LogP contribution in [0.15, 0.2) is 102 Å². The first kappa shape index (κ1) is 41.1. The van der Waals surface area contributed by atoms with Gasteiger partial charge in [-0.2, -0.15) is 0 Å². The van der Waals surface area contributed by atoms with Crippen molar-refractivity contribution >= 4 is 23.9 Å². The van der Waals surface area contributed by atoms with Crippen LogP contribution in [0.2, 0.25) is 0 Å². The standard InChI is InChI=1S/C48H56N2O9/c1-29(52)41(44(54)49-22-23-51)50-43(53)33-26-38(42-39(27-33)57-48(59-42,34-14-7-5-8-15-34)35-16-9-6-10-17-35)56-45(55)32-13-11-12-30(25-32)24-31-18-19-40-47(4,58-40)21-20-37-36(31)28-46(37,2)3/h5-17,24-25,27,29,36-42,51-52H,18-23,26,28H2,1-4H3,(H,49,54)(H,50,53)/t29-,36+,37+,38+,39+,40?,41+,42-,47+/m0/s1. The van der Waals surface area contributed by atoms with Crippen LogP contribution in [-0.2, 0) is 34.3 Å². The Balaban J connectivity index is 1.08. The molecule has 312 valence electrons. The molecule has 1 unspecified atom stereocenters. The Labute approximate surface area is 346 Å². The fraction of sp³-hybridized carbons (Fsp3) is 0.479. The first-order valence-electron chi connectivity index (χ1n) is 21.0. The number of fused-ring (bicyclic) bond motifs is 3. The Morgan fingerprint density at radius 3 is 2.31 bits per heavy atom. The molecule has 0 bridgehead atoms. The van der Waals surface area contributed by atoms with Gasteiger partial charge in [0.15, 0.2) is 0 Å². The Hall–Kier alpha value is -4.65. The zero-order chi connectivity index (χ0) is 41.5. The van der Waals surface area contributed by atoms with Gasteiger partial charge in [-0.15, -0.1) is 0 Å². The van der Waals surface area contributed by atoms with E-state index in [0.717, 1.165) is 48.8 Å². The van der Waals surface area contributed by atoms with Crippen molar-refractivity contribution in [1.29, 1.82) is 0 Å². The number of rotatable bonds is 11. The molecule has 8 rings (SSSR count). The van der Waals surface area contributed by atoms with Crippen LogP contribution in [0.4, 0.5) is 0 Å². The number of hydrogen-bond acceptors (Lipinski definition) is 9. The van der Waals surface area contributed by atoms with Crippen molar-refractivity contribution in [2.45, 2.75) is 114 Å². The van der Waals surface area contributed by atoms with Gasteiger partial charge in [-0.25, -0.2) is 4.79 Å². The lowest BCUT2D eigenvalue weighted by molar-refractivity contribution is -0.157. The number of esters is 1. The molecule has 2 saturated carbocycles. The van der Waals surface area contributed by atoms with Crippen LogP contribution in [0, 0.1) is 17.3 Å². The highest BCUT2D eigenvalue weighted by Gasteiger charge is 2.57. The molecule has 3 aromatic rings. The van der Waals surface area contributed by atoms with Crippen LogP contribution in [0.25, 0.3) is 6.08 Å². The van der Waals surface area contributed by atoms with E-state index in [1.165, 1.54) is 12.5 Å². The maximum absolute atomic E-state index is 14.2. The summed E-state index contributed by atoms with van der Waals surface area (Å²) in [6, 6.07) is 25.2. The van der Waals surface area contributed by atoms with Crippen molar-refractivity contribution in [1.82, 2.24) is 10.6 Å². The molecule has 2 heterocycles. The summed E-state index contributed by atoms with van der Waals surface area (Å²) in [5, 5.41) is 24.8. The predicted octanol–water partition coefficient (Wildman–Crippen LogP) is 5.98. The average molecular weight is 805 g/mol. The first-order valence-corrected chi connectivity index (χ1v) is 21.0. The van der Waals surface area contributed by atoms with Gasteiger partial charge in [-0.05, 0) is 87.0 Å². The van der Waals surface area contributed by atoms with E-state index in [4.69, 9.17) is 18.9 Å². The molecular formula is C48H56N2O9. The number of aliphatic hydroxyl groups excluding tert-OH is 2. The third-order valence-electron chi connectivity index (χ3n) is 13.3. The fourth-order valence-electron chi connectivity index (χ4n) is 9.90. The highest BCUT2D eigenvalue weighted by Crippen LogP contribution is 2.60. The summed E-state index contributed by atoms with van der Waals surface area (Å²) in [6.07, 6.45) is 5.61. The average Bonchev–Trinajstić information content (AvgIpc) is 3.68. The molecule has 4 fully saturated rings. The largest absolute Gasteiger partial charge is 0.456 e. The van der Waals surface area contributed by atoms with Gasteiger partial charge in [0.05, 0.1) is 30.0 Å². The molecule has 3 aromatic carbocycles. The van der Waals surface area contributed by atoms with Gasteiger partial charge in [0.1, 0.15) is 24.4 Å². The van der Waals surface area contributed by atoms with E-state index in [2.05, 4.69) is 37.5 Å². The Morgan fingerprint density at radius 2 is 1.64 bits per heavy atom. The third kappa shape index (κ3) is 8.28. The van der Waals surface area contributed by atoms with Gasteiger partial charge < -0.3 is 39.8 Å². The number of hydrogen-bond donors (Lipinski definition) is 4. The molecule has 59 heavy (non-hydrogen) atoms. The molecule has 0 spiro atoms. The second-order valence-corrected chi connectivity index (χ2v) is 17.8. The number of benzene rings is 3. The topological polar surface area (TPSA) is 156 Å². The molecule has 4 N–H and O–H groups in total. The number of amides is 2. The van der Waals surface area contributed by atoms with Gasteiger partial charge in [0, 0.05) is 29.7 Å². The Bertz CT molecular complexity index is 2060. The van der Waals surface area contributed by atoms with E-state index in [1.807, 2.05) is 78.9 Å². The summed E-state index contributed by atoms with van der Waals surface area (Å²) in [5.41, 5.74) is 4.62. The Kier molecular flexibility index (Phi) is 11.4. The van der Waals surface area contributed by atoms with Crippen LogP contribution in [0.5, 0.6) is 0 Å². The molecule has 9 atom stereocenters. The minimum absolute atomic E-state index is 0.00692. The van der Waals surface area contributed by atoms with Crippen LogP contribution in [0.1, 0.15) is 93.3 Å². The second kappa shape index (κ2) is 16.4. The number of epoxide rings is 1. The summed E-state index contributed by atoms with van der Waals surface area (Å²) in [6.45, 7) is 8.05. The molecule has 3 aliphatic carbocycles. The highest BCUT2D eigenvalue weighted by molar-refractivity contribution is 5.97. The molecule has 11 nitrogen and oxygen atoms in total. The van der Waals surface area contributed by atoms with Crippen molar-refractivity contribution in [3.63, 3.8) is 0 Å². The van der Waals surface area contributed by atoms with Crippen molar-refractivity contribution in [2.24, 2.45) is 17.3 Å². The molecular weight excluding hydrogens is 749 g/mol. The normalized spacial score (nSPS) is 30.6. The number of allylic oxidation sites excluding steroid dienone is 1. The lowest BCUT2D eigenvalue weighted by Crippen LogP contribution is -2.54. The molecule has 11 heteroatoms. The SMILES string of the molecule is C[C@H](O)[C@@H](NC(=O)C1=C[C@H]2OC(c3ccccc3)(c3ccccc3)O[C@H]2[C@H](OC(=O)c2cccc(C=C3CCC4O[C@]4(C)CC[C@@H]4[C@@H]3CC4(C)C)c2)C1)C(=O)NCCO. The van der Waals surface area contributed by atoms with Crippen LogP contribution in [0.3, 0.4) is 0 Å². The summed E-state index contributed by atoms with van der Waals surface area (Å²) < 4.78 is 26.2. The molecule has 2 aliphatic heterocycles. The minimum atomic E-state index is -1.39. The van der Waals surface area contributed by atoms with E-state index < -0.39 is 54.0 Å². The Morgan fingerprint density at radius 1 is 0.932 bits per heavy atom. The van der Waals surface area contributed by atoms with Crippen molar-refractivity contribution in [2.75, 3.05) is 13.2 Å². The van der Waals surface area contributed by atoms with Gasteiger partial charge >= 0.3 is 5.97 Å². The minimum Gasteiger partial charge on any atom is -0.456 e. The monoisotopic (exact) mass is 804 g/mol. The number of carbonyl (C=O) groups excluding carboxylic acids is 3. The van der Waals surface area contributed by atoms with E-state index in [9.17, 15) is 24.6 Å². The molecule has 0 radical (unpaired) electrons. The van der Waals surface area contributed by atoms with Crippen LogP contribution in [-0.4, -0.2) is 83.3 Å². The van der Waals surface area contributed by atoms with Crippen molar-refractivity contribution in [3.05, 3.63) is 124 Å². The zero-order valence-corrected chi connectivity index (χ0v) is 34.3. The second-order valence-electron chi connectivity index (χ2n) is 17.8. The van der Waals surface area contributed by atoms with E-state index in [-0.39, 0.29) is 36.2 Å². The van der Waals surface area contributed by atoms with Gasteiger partial charge in [-0.1, -0.05) is 98.3 Å². The van der Waals surface area contributed by atoms with Gasteiger partial charge in [-0.3, -0.25) is 9.59 Å². The lowest BCUT2D eigenvalue weighted by Gasteiger charge is -2.53. The first-order chi connectivity index (χ1) is 28.3. The fourth-order valence-corrected chi connectivity index (χ4v) is 9.90. The molecule has 0 aromatic heterocycles. The zero-order valence-electron chi connectivity index (χ0n) is 34.3. The van der Waals surface area contributed by atoms with Gasteiger partial charge in [0.2, 0.25) is 17.6 Å². The van der Waals surface area contributed by atoms with Gasteiger partial charge in [0.25, 0.3) is 0 Å². The van der Waals surface area contributed by atoms with E-state index in [1.54, 1.807) is 12.1 Å². The maximum atomic E-state index is 14.2. The summed E-state index contributed by atoms with van der Waals surface area (Å²) >= 11 is 0. The summed E-state index contributed by atoms with van der Waals surface area (Å²) in [7, 11) is 0. The number of carbonyl (C=O) groups is 3. The lowest BCUT2D eigenvalue weighted by atomic mass is 9.52. The van der Waals surface area contributed by atoms with Crippen molar-refractivity contribution in [3.8, 4) is 0 Å². The number of nitrogens with one attached hydrogen (secondary N) is 2. The molecule has 2 amide bonds. The number of ether oxygens (including phenoxy) is 4. The van der Waals surface area contributed by atoms with Crippen molar-refractivity contribution < 1.29 is 43.5 Å². The molecule has 5 aliphatic rings. The smallest absolute Gasteiger partial charge is 0.338 e. The number of aliphatic hydroxyl groups is 2. The summed E-state index contributed by atoms with van der Waals surface area (Å²) in [5.74, 6) is -2.16. The highest BCUT2D eigenvalue weighted by atomic mass is 16.8. The van der Waals surface area contributed by atoms with Crippen LogP contribution < -0.4 is 10.6 Å². The molecule has 2 saturated heterocycles. The third-order valence-corrected chi connectivity index (χ3v) is 13.3. The van der Waals surface area contributed by atoms with E-state index >= 15 is 0 Å². The van der Waals surface area contributed by atoms with E-state index in [0.29, 0.717) is 23.5 Å². The summed E-state index contributed by atoms with van der Waals surface area (Å²) in [4.78, 5) is 41.1. The predicted molar refractivity (Wildman–Crippen MR) is 221 cm³/mol. The maximum Gasteiger partial charge on any atom is 0.338 e. The van der Waals surface area contributed by atoms with Crippen LogP contribution >= 0.6 is 0 Å². The quantitative estimate of drug-likeness (QED) is 0.135.